The number of aliphatic imine (C=N–C) groups is 1. The van der Waals surface area contributed by atoms with Crippen LogP contribution in [0.5, 0.6) is 0 Å². The highest BCUT2D eigenvalue weighted by molar-refractivity contribution is 5.97. The fourth-order valence-electron chi connectivity index (χ4n) is 1.18. The third-order valence-electron chi connectivity index (χ3n) is 2.47. The van der Waals surface area contributed by atoms with Gasteiger partial charge in [0.2, 0.25) is 0 Å². The summed E-state index contributed by atoms with van der Waals surface area (Å²) in [6.45, 7) is 12.1. The Balaban J connectivity index is 4.27. The summed E-state index contributed by atoms with van der Waals surface area (Å²) >= 11 is 0. The summed E-state index contributed by atoms with van der Waals surface area (Å²) in [6, 6.07) is 0. The molecule has 90 valence electrons. The quantitative estimate of drug-likeness (QED) is 0.618. The third kappa shape index (κ3) is 7.16. The lowest BCUT2D eigenvalue weighted by molar-refractivity contribution is 0.557. The van der Waals surface area contributed by atoms with Crippen molar-refractivity contribution in [3.63, 3.8) is 0 Å². The lowest BCUT2D eigenvalue weighted by atomic mass is 10.0. The summed E-state index contributed by atoms with van der Waals surface area (Å²) in [5.74, 6) is 0.729. The van der Waals surface area contributed by atoms with Gasteiger partial charge in [0.15, 0.2) is 0 Å². The minimum Gasteiger partial charge on any atom is -0.308 e. The van der Waals surface area contributed by atoms with E-state index in [-0.39, 0.29) is 0 Å². The van der Waals surface area contributed by atoms with Gasteiger partial charge in [-0.2, -0.15) is 0 Å². The number of allylic oxidation sites excluding steroid dienone is 2. The van der Waals surface area contributed by atoms with E-state index in [1.807, 2.05) is 13.8 Å². The normalized spacial score (nSPS) is 13.1. The largest absolute Gasteiger partial charge is 0.308 e. The summed E-state index contributed by atoms with van der Waals surface area (Å²) in [4.78, 5) is 4.30. The van der Waals surface area contributed by atoms with E-state index in [2.05, 4.69) is 25.4 Å². The molecule has 0 saturated carbocycles. The van der Waals surface area contributed by atoms with E-state index < -0.39 is 0 Å². The molecule has 16 heavy (non-hydrogen) atoms. The zero-order valence-electron chi connectivity index (χ0n) is 11.0. The van der Waals surface area contributed by atoms with Crippen molar-refractivity contribution < 1.29 is 0 Å². The highest BCUT2D eigenvalue weighted by Crippen LogP contribution is 2.11. The van der Waals surface area contributed by atoms with Crippen molar-refractivity contribution >= 4 is 11.9 Å². The van der Waals surface area contributed by atoms with Gasteiger partial charge < -0.3 is 5.41 Å². The van der Waals surface area contributed by atoms with E-state index >= 15 is 0 Å². The molecule has 2 nitrogen and oxygen atoms in total. The molecular weight excluding hydrogens is 196 g/mol. The second kappa shape index (κ2) is 8.03. The van der Waals surface area contributed by atoms with Crippen LogP contribution in [0.2, 0.25) is 0 Å². The maximum Gasteiger partial charge on any atom is 0.0395 e. The molecular formula is C14H24N2. The molecule has 1 N–H and O–H groups in total. The van der Waals surface area contributed by atoms with Crippen LogP contribution < -0.4 is 0 Å². The van der Waals surface area contributed by atoms with Crippen LogP contribution >= 0.6 is 0 Å². The Bertz CT molecular complexity index is 296. The number of rotatable bonds is 7. The topological polar surface area (TPSA) is 36.2 Å². The van der Waals surface area contributed by atoms with E-state index in [0.717, 1.165) is 35.6 Å². The predicted molar refractivity (Wildman–Crippen MR) is 73.5 cm³/mol. The number of hydrogen-bond donors (Lipinski definition) is 1. The minimum atomic E-state index is 0.729. The standard InChI is InChI=1S/C14H24N2/c1-11(2)7-6-8-14(9-15)10-16-13(5)12(3)4/h9-11,15H,3,6-8H2,1-2,4-5H3/b14-10-,15-9?,16-13+. The van der Waals surface area contributed by atoms with Crippen LogP contribution in [0.4, 0.5) is 0 Å². The molecule has 2 heteroatoms. The van der Waals surface area contributed by atoms with Gasteiger partial charge in [0, 0.05) is 18.1 Å². The second-order valence-electron chi connectivity index (χ2n) is 4.63. The Kier molecular flexibility index (Phi) is 7.44. The zero-order chi connectivity index (χ0) is 12.6. The first kappa shape index (κ1) is 14.8. The molecule has 0 saturated heterocycles. The average Bonchev–Trinajstić information content (AvgIpc) is 2.21. The molecule has 0 fully saturated rings. The van der Waals surface area contributed by atoms with Gasteiger partial charge >= 0.3 is 0 Å². The maximum atomic E-state index is 7.31. The second-order valence-corrected chi connectivity index (χ2v) is 4.63. The molecule has 0 aliphatic carbocycles. The average molecular weight is 220 g/mol. The van der Waals surface area contributed by atoms with Crippen LogP contribution in [0.3, 0.4) is 0 Å². The Morgan fingerprint density at radius 3 is 2.44 bits per heavy atom. The van der Waals surface area contributed by atoms with Gasteiger partial charge in [-0.1, -0.05) is 26.8 Å². The summed E-state index contributed by atoms with van der Waals surface area (Å²) in [7, 11) is 0. The first-order valence-corrected chi connectivity index (χ1v) is 5.87. The molecule has 0 spiro atoms. The van der Waals surface area contributed by atoms with Crippen molar-refractivity contribution in [1.29, 1.82) is 5.41 Å². The fourth-order valence-corrected chi connectivity index (χ4v) is 1.18. The molecule has 0 aliphatic rings. The van der Waals surface area contributed by atoms with Crippen LogP contribution in [0.1, 0.15) is 47.0 Å². The Labute approximate surface area is 99.7 Å². The Hall–Kier alpha value is -1.18. The van der Waals surface area contributed by atoms with Gasteiger partial charge in [-0.05, 0) is 43.8 Å². The molecule has 0 rings (SSSR count). The van der Waals surface area contributed by atoms with Crippen molar-refractivity contribution in [2.45, 2.75) is 47.0 Å². The zero-order valence-corrected chi connectivity index (χ0v) is 11.0. The van der Waals surface area contributed by atoms with Crippen molar-refractivity contribution in [2.75, 3.05) is 0 Å². The van der Waals surface area contributed by atoms with Gasteiger partial charge in [0.25, 0.3) is 0 Å². The highest BCUT2D eigenvalue weighted by Gasteiger charge is 1.97. The Morgan fingerprint density at radius 2 is 2.00 bits per heavy atom. The van der Waals surface area contributed by atoms with Crippen LogP contribution in [-0.2, 0) is 0 Å². The summed E-state index contributed by atoms with van der Waals surface area (Å²) in [6.07, 6.45) is 6.45. The van der Waals surface area contributed by atoms with E-state index in [4.69, 9.17) is 5.41 Å². The molecule has 0 aromatic heterocycles. The first-order chi connectivity index (χ1) is 7.47. The number of nitrogens with zero attached hydrogens (tertiary/aromatic N) is 1. The summed E-state index contributed by atoms with van der Waals surface area (Å²) < 4.78 is 0. The Morgan fingerprint density at radius 1 is 1.38 bits per heavy atom. The molecule has 0 radical (unpaired) electrons. The van der Waals surface area contributed by atoms with Crippen LogP contribution in [-0.4, -0.2) is 11.9 Å². The summed E-state index contributed by atoms with van der Waals surface area (Å²) in [5, 5.41) is 7.31. The van der Waals surface area contributed by atoms with E-state index in [1.54, 1.807) is 6.20 Å². The van der Waals surface area contributed by atoms with E-state index in [0.29, 0.717) is 0 Å². The first-order valence-electron chi connectivity index (χ1n) is 5.87. The lowest BCUT2D eigenvalue weighted by Crippen LogP contribution is -1.92. The van der Waals surface area contributed by atoms with E-state index in [1.165, 1.54) is 12.6 Å². The molecule has 0 amide bonds. The van der Waals surface area contributed by atoms with Crippen molar-refractivity contribution in [1.82, 2.24) is 0 Å². The van der Waals surface area contributed by atoms with Gasteiger partial charge in [-0.3, -0.25) is 4.99 Å². The van der Waals surface area contributed by atoms with Gasteiger partial charge in [-0.25, -0.2) is 0 Å². The van der Waals surface area contributed by atoms with Crippen LogP contribution in [0.25, 0.3) is 0 Å². The fraction of sp³-hybridized carbons (Fsp3) is 0.571. The molecule has 0 atom stereocenters. The van der Waals surface area contributed by atoms with Crippen LogP contribution in [0.15, 0.2) is 28.9 Å². The lowest BCUT2D eigenvalue weighted by Gasteiger charge is -2.04. The van der Waals surface area contributed by atoms with Gasteiger partial charge in [0.1, 0.15) is 0 Å². The van der Waals surface area contributed by atoms with Crippen LogP contribution in [0, 0.1) is 11.3 Å². The molecule has 0 aliphatic heterocycles. The number of nitrogens with one attached hydrogen (secondary N) is 1. The number of hydrogen-bond acceptors (Lipinski definition) is 2. The SMILES string of the molecule is C=C(C)/C(C)=N/C=C(\C=N)CCCC(C)C. The summed E-state index contributed by atoms with van der Waals surface area (Å²) in [5.41, 5.74) is 2.90. The molecule has 0 unspecified atom stereocenters. The van der Waals surface area contributed by atoms with Gasteiger partial charge in [0.05, 0.1) is 0 Å². The molecule has 0 bridgehead atoms. The third-order valence-corrected chi connectivity index (χ3v) is 2.47. The van der Waals surface area contributed by atoms with Gasteiger partial charge in [-0.15, -0.1) is 0 Å². The highest BCUT2D eigenvalue weighted by atomic mass is 14.7. The maximum absolute atomic E-state index is 7.31. The minimum absolute atomic E-state index is 0.729. The molecule has 0 heterocycles. The monoisotopic (exact) mass is 220 g/mol. The smallest absolute Gasteiger partial charge is 0.0395 e. The van der Waals surface area contributed by atoms with Crippen molar-refractivity contribution in [3.05, 3.63) is 23.9 Å². The molecule has 0 aromatic carbocycles. The predicted octanol–water partition coefficient (Wildman–Crippen LogP) is 4.38. The molecule has 0 aromatic rings. The van der Waals surface area contributed by atoms with Crippen molar-refractivity contribution in [3.8, 4) is 0 Å². The van der Waals surface area contributed by atoms with E-state index in [9.17, 15) is 0 Å². The van der Waals surface area contributed by atoms with Crippen molar-refractivity contribution in [2.24, 2.45) is 10.9 Å².